The fourth-order valence-electron chi connectivity index (χ4n) is 1.73. The highest BCUT2D eigenvalue weighted by molar-refractivity contribution is 6.04. The molecule has 0 spiro atoms. The van der Waals surface area contributed by atoms with Gasteiger partial charge in [-0.1, -0.05) is 6.07 Å². The number of nitro benzene ring substituents is 1. The summed E-state index contributed by atoms with van der Waals surface area (Å²) in [4.78, 5) is 21.6. The minimum Gasteiger partial charge on any atom is -0.319 e. The fourth-order valence-corrected chi connectivity index (χ4v) is 1.73. The SMILES string of the molecule is Cc1ccc(F)c(NC(=O)c2ccc([N+](=O)[O-])cc2F)c1. The summed E-state index contributed by atoms with van der Waals surface area (Å²) in [6.45, 7) is 1.71. The van der Waals surface area contributed by atoms with E-state index in [9.17, 15) is 23.7 Å². The third kappa shape index (κ3) is 3.19. The van der Waals surface area contributed by atoms with E-state index in [1.54, 1.807) is 6.92 Å². The zero-order chi connectivity index (χ0) is 15.6. The normalized spacial score (nSPS) is 10.2. The Kier molecular flexibility index (Phi) is 3.93. The lowest BCUT2D eigenvalue weighted by Crippen LogP contribution is -2.15. The molecule has 0 atom stereocenters. The number of carbonyl (C=O) groups is 1. The summed E-state index contributed by atoms with van der Waals surface area (Å²) in [7, 11) is 0. The van der Waals surface area contributed by atoms with Crippen LogP contribution < -0.4 is 5.32 Å². The number of non-ortho nitro benzene ring substituents is 1. The van der Waals surface area contributed by atoms with Crippen LogP contribution >= 0.6 is 0 Å². The fraction of sp³-hybridized carbons (Fsp3) is 0.0714. The van der Waals surface area contributed by atoms with Gasteiger partial charge in [0.05, 0.1) is 22.2 Å². The predicted octanol–water partition coefficient (Wildman–Crippen LogP) is 3.43. The third-order valence-corrected chi connectivity index (χ3v) is 2.78. The molecule has 7 heteroatoms. The first-order chi connectivity index (χ1) is 9.88. The Morgan fingerprint density at radius 1 is 1.14 bits per heavy atom. The summed E-state index contributed by atoms with van der Waals surface area (Å²) in [6, 6.07) is 6.73. The highest BCUT2D eigenvalue weighted by Crippen LogP contribution is 2.20. The quantitative estimate of drug-likeness (QED) is 0.695. The molecule has 1 N–H and O–H groups in total. The molecule has 0 aliphatic rings. The average molecular weight is 292 g/mol. The largest absolute Gasteiger partial charge is 0.319 e. The van der Waals surface area contributed by atoms with Crippen molar-refractivity contribution in [2.75, 3.05) is 5.32 Å². The van der Waals surface area contributed by atoms with Gasteiger partial charge in [-0.25, -0.2) is 8.78 Å². The number of amides is 1. The van der Waals surface area contributed by atoms with Gasteiger partial charge in [0.25, 0.3) is 11.6 Å². The Morgan fingerprint density at radius 3 is 2.48 bits per heavy atom. The molecule has 108 valence electrons. The Morgan fingerprint density at radius 2 is 1.86 bits per heavy atom. The molecule has 2 aromatic rings. The molecular formula is C14H10F2N2O3. The van der Waals surface area contributed by atoms with E-state index >= 15 is 0 Å². The highest BCUT2D eigenvalue weighted by atomic mass is 19.1. The van der Waals surface area contributed by atoms with Crippen molar-refractivity contribution in [1.82, 2.24) is 0 Å². The van der Waals surface area contributed by atoms with E-state index in [4.69, 9.17) is 0 Å². The number of hydrogen-bond acceptors (Lipinski definition) is 3. The molecule has 0 saturated heterocycles. The topological polar surface area (TPSA) is 72.2 Å². The second kappa shape index (κ2) is 5.66. The van der Waals surface area contributed by atoms with Crippen molar-refractivity contribution >= 4 is 17.3 Å². The summed E-state index contributed by atoms with van der Waals surface area (Å²) in [5.74, 6) is -2.59. The summed E-state index contributed by atoms with van der Waals surface area (Å²) in [6.07, 6.45) is 0. The lowest BCUT2D eigenvalue weighted by atomic mass is 10.1. The van der Waals surface area contributed by atoms with Crippen LogP contribution in [-0.2, 0) is 0 Å². The Hall–Kier alpha value is -2.83. The maximum atomic E-state index is 13.7. The second-order valence-corrected chi connectivity index (χ2v) is 4.36. The number of anilines is 1. The van der Waals surface area contributed by atoms with E-state index in [1.165, 1.54) is 18.2 Å². The molecule has 0 heterocycles. The molecule has 0 radical (unpaired) electrons. The van der Waals surface area contributed by atoms with E-state index in [0.29, 0.717) is 6.07 Å². The van der Waals surface area contributed by atoms with Gasteiger partial charge in [-0.3, -0.25) is 14.9 Å². The third-order valence-electron chi connectivity index (χ3n) is 2.78. The molecule has 0 bridgehead atoms. The number of halogens is 2. The standard InChI is InChI=1S/C14H10F2N2O3/c1-8-2-5-11(15)13(6-8)17-14(19)10-4-3-9(18(20)21)7-12(10)16/h2-7H,1H3,(H,17,19). The van der Waals surface area contributed by atoms with Crippen LogP contribution in [-0.4, -0.2) is 10.8 Å². The van der Waals surface area contributed by atoms with Gasteiger partial charge >= 0.3 is 0 Å². The van der Waals surface area contributed by atoms with E-state index in [0.717, 1.165) is 17.7 Å². The second-order valence-electron chi connectivity index (χ2n) is 4.36. The minimum absolute atomic E-state index is 0.0854. The predicted molar refractivity (Wildman–Crippen MR) is 72.1 cm³/mol. The van der Waals surface area contributed by atoms with Gasteiger partial charge in [-0.2, -0.15) is 0 Å². The molecule has 0 unspecified atom stereocenters. The van der Waals surface area contributed by atoms with Crippen LogP contribution in [0, 0.1) is 28.7 Å². The van der Waals surface area contributed by atoms with E-state index in [1.807, 2.05) is 0 Å². The van der Waals surface area contributed by atoms with Crippen molar-refractivity contribution in [3.8, 4) is 0 Å². The van der Waals surface area contributed by atoms with Crippen LogP contribution in [0.4, 0.5) is 20.2 Å². The van der Waals surface area contributed by atoms with Crippen LogP contribution in [0.25, 0.3) is 0 Å². The van der Waals surface area contributed by atoms with Gasteiger partial charge in [0.1, 0.15) is 11.6 Å². The lowest BCUT2D eigenvalue weighted by Gasteiger charge is -2.08. The first-order valence-electron chi connectivity index (χ1n) is 5.90. The first-order valence-corrected chi connectivity index (χ1v) is 5.90. The van der Waals surface area contributed by atoms with Crippen molar-refractivity contribution in [3.05, 3.63) is 69.3 Å². The van der Waals surface area contributed by atoms with Gasteiger partial charge in [-0.05, 0) is 30.7 Å². The molecule has 0 saturated carbocycles. The summed E-state index contributed by atoms with van der Waals surface area (Å²) in [5, 5.41) is 12.7. The number of nitrogens with zero attached hydrogens (tertiary/aromatic N) is 1. The van der Waals surface area contributed by atoms with Crippen LogP contribution in [0.2, 0.25) is 0 Å². The number of aryl methyl sites for hydroxylation is 1. The van der Waals surface area contributed by atoms with E-state index < -0.39 is 33.7 Å². The molecule has 21 heavy (non-hydrogen) atoms. The monoisotopic (exact) mass is 292 g/mol. The van der Waals surface area contributed by atoms with Crippen molar-refractivity contribution in [2.24, 2.45) is 0 Å². The molecule has 1 amide bonds. The van der Waals surface area contributed by atoms with Gasteiger partial charge in [-0.15, -0.1) is 0 Å². The zero-order valence-electron chi connectivity index (χ0n) is 10.9. The van der Waals surface area contributed by atoms with Crippen molar-refractivity contribution < 1.29 is 18.5 Å². The number of rotatable bonds is 3. The molecule has 0 aromatic heterocycles. The summed E-state index contributed by atoms with van der Waals surface area (Å²) in [5.41, 5.74) is -0.235. The number of nitro groups is 1. The maximum Gasteiger partial charge on any atom is 0.272 e. The Bertz CT molecular complexity index is 732. The number of carbonyl (C=O) groups excluding carboxylic acids is 1. The zero-order valence-corrected chi connectivity index (χ0v) is 10.9. The summed E-state index contributed by atoms with van der Waals surface area (Å²) < 4.78 is 27.2. The molecular weight excluding hydrogens is 282 g/mol. The number of nitrogens with one attached hydrogen (secondary N) is 1. The van der Waals surface area contributed by atoms with E-state index in [2.05, 4.69) is 5.32 Å². The first kappa shape index (κ1) is 14.6. The van der Waals surface area contributed by atoms with E-state index in [-0.39, 0.29) is 5.69 Å². The van der Waals surface area contributed by atoms with Gasteiger partial charge in [0.15, 0.2) is 0 Å². The van der Waals surface area contributed by atoms with Crippen molar-refractivity contribution in [1.29, 1.82) is 0 Å². The van der Waals surface area contributed by atoms with Gasteiger partial charge in [0, 0.05) is 6.07 Å². The highest BCUT2D eigenvalue weighted by Gasteiger charge is 2.17. The van der Waals surface area contributed by atoms with Gasteiger partial charge < -0.3 is 5.32 Å². The Labute approximate surface area is 118 Å². The molecule has 5 nitrogen and oxygen atoms in total. The van der Waals surface area contributed by atoms with Crippen molar-refractivity contribution in [2.45, 2.75) is 6.92 Å². The maximum absolute atomic E-state index is 13.7. The van der Waals surface area contributed by atoms with Crippen LogP contribution in [0.15, 0.2) is 36.4 Å². The molecule has 2 rings (SSSR count). The van der Waals surface area contributed by atoms with Crippen LogP contribution in [0.5, 0.6) is 0 Å². The average Bonchev–Trinajstić information content (AvgIpc) is 2.42. The van der Waals surface area contributed by atoms with Crippen molar-refractivity contribution in [3.63, 3.8) is 0 Å². The number of benzene rings is 2. The molecule has 0 aliphatic carbocycles. The lowest BCUT2D eigenvalue weighted by molar-refractivity contribution is -0.385. The molecule has 0 aliphatic heterocycles. The van der Waals surface area contributed by atoms with Crippen LogP contribution in [0.3, 0.4) is 0 Å². The smallest absolute Gasteiger partial charge is 0.272 e. The van der Waals surface area contributed by atoms with Crippen LogP contribution in [0.1, 0.15) is 15.9 Å². The molecule has 2 aromatic carbocycles. The minimum atomic E-state index is -1.05. The number of hydrogen-bond donors (Lipinski definition) is 1. The molecule has 0 fully saturated rings. The van der Waals surface area contributed by atoms with Gasteiger partial charge in [0.2, 0.25) is 0 Å². The summed E-state index contributed by atoms with van der Waals surface area (Å²) >= 11 is 0. The Balaban J connectivity index is 2.28.